The van der Waals surface area contributed by atoms with E-state index in [1.807, 2.05) is 0 Å². The first-order valence-corrected chi connectivity index (χ1v) is 7.72. The molecule has 2 aromatic rings. The minimum atomic E-state index is -0.642. The number of hydrogen-bond donors (Lipinski definition) is 1. The van der Waals surface area contributed by atoms with Gasteiger partial charge in [0.05, 0.1) is 37.7 Å². The predicted octanol–water partition coefficient (Wildman–Crippen LogP) is 2.11. The molecule has 0 saturated carbocycles. The molecule has 138 valence electrons. The molecular formula is C18H19NO7. The number of carbonyl (C=O) groups excluding carboxylic acids is 3. The van der Waals surface area contributed by atoms with Crippen LogP contribution in [0.1, 0.15) is 39.4 Å². The lowest BCUT2D eigenvalue weighted by Crippen LogP contribution is -2.31. The molecule has 0 aliphatic heterocycles. The lowest BCUT2D eigenvalue weighted by Gasteiger charge is -2.13. The smallest absolute Gasteiger partial charge is 0.338 e. The predicted molar refractivity (Wildman–Crippen MR) is 89.9 cm³/mol. The highest BCUT2D eigenvalue weighted by Crippen LogP contribution is 2.19. The van der Waals surface area contributed by atoms with Gasteiger partial charge >= 0.3 is 11.9 Å². The van der Waals surface area contributed by atoms with Crippen molar-refractivity contribution in [3.8, 4) is 5.75 Å². The van der Waals surface area contributed by atoms with Gasteiger partial charge in [0, 0.05) is 0 Å². The quantitative estimate of drug-likeness (QED) is 0.753. The lowest BCUT2D eigenvalue weighted by atomic mass is 10.1. The molecule has 0 aliphatic carbocycles. The van der Waals surface area contributed by atoms with Crippen molar-refractivity contribution in [2.24, 2.45) is 0 Å². The van der Waals surface area contributed by atoms with Crippen LogP contribution in [0.15, 0.2) is 41.0 Å². The SMILES string of the molecule is COC(=O)c1cc(OCC(=O)N[C@H](C)c2ccco2)cc(C(=O)OC)c1. The topological polar surface area (TPSA) is 104 Å². The molecule has 0 bridgehead atoms. The van der Waals surface area contributed by atoms with E-state index in [9.17, 15) is 14.4 Å². The van der Waals surface area contributed by atoms with Crippen LogP contribution in [0.2, 0.25) is 0 Å². The summed E-state index contributed by atoms with van der Waals surface area (Å²) >= 11 is 0. The van der Waals surface area contributed by atoms with Gasteiger partial charge in [-0.05, 0) is 37.3 Å². The minimum absolute atomic E-state index is 0.106. The highest BCUT2D eigenvalue weighted by molar-refractivity contribution is 5.96. The summed E-state index contributed by atoms with van der Waals surface area (Å²) in [7, 11) is 2.44. The van der Waals surface area contributed by atoms with Gasteiger partial charge in [-0.3, -0.25) is 4.79 Å². The number of hydrogen-bond acceptors (Lipinski definition) is 7. The van der Waals surface area contributed by atoms with E-state index in [0.717, 1.165) is 0 Å². The molecule has 0 unspecified atom stereocenters. The zero-order valence-corrected chi connectivity index (χ0v) is 14.6. The molecule has 1 atom stereocenters. The van der Waals surface area contributed by atoms with Gasteiger partial charge in [-0.15, -0.1) is 0 Å². The van der Waals surface area contributed by atoms with E-state index >= 15 is 0 Å². The Morgan fingerprint density at radius 1 is 1.08 bits per heavy atom. The molecular weight excluding hydrogens is 342 g/mol. The number of amides is 1. The molecule has 8 nitrogen and oxygen atoms in total. The van der Waals surface area contributed by atoms with E-state index in [4.69, 9.17) is 9.15 Å². The second-order valence-electron chi connectivity index (χ2n) is 5.32. The highest BCUT2D eigenvalue weighted by Gasteiger charge is 2.16. The van der Waals surface area contributed by atoms with Crippen LogP contribution in [-0.4, -0.2) is 38.7 Å². The van der Waals surface area contributed by atoms with Gasteiger partial charge in [0.1, 0.15) is 11.5 Å². The fourth-order valence-electron chi connectivity index (χ4n) is 2.19. The Morgan fingerprint density at radius 2 is 1.69 bits per heavy atom. The van der Waals surface area contributed by atoms with Crippen molar-refractivity contribution in [2.45, 2.75) is 13.0 Å². The zero-order chi connectivity index (χ0) is 19.1. The number of benzene rings is 1. The van der Waals surface area contributed by atoms with Crippen molar-refractivity contribution in [2.75, 3.05) is 20.8 Å². The first-order valence-electron chi connectivity index (χ1n) is 7.72. The summed E-state index contributed by atoms with van der Waals surface area (Å²) in [5.41, 5.74) is 0.213. The van der Waals surface area contributed by atoms with E-state index in [-0.39, 0.29) is 29.5 Å². The van der Waals surface area contributed by atoms with Gasteiger partial charge in [0.15, 0.2) is 6.61 Å². The van der Waals surface area contributed by atoms with Crippen LogP contribution in [0.5, 0.6) is 5.75 Å². The zero-order valence-electron chi connectivity index (χ0n) is 14.6. The van der Waals surface area contributed by atoms with Crippen molar-refractivity contribution in [1.29, 1.82) is 0 Å². The summed E-state index contributed by atoms with van der Waals surface area (Å²) in [5, 5.41) is 2.71. The normalized spacial score (nSPS) is 11.3. The number of carbonyl (C=O) groups is 3. The van der Waals surface area contributed by atoms with Crippen LogP contribution in [0.25, 0.3) is 0 Å². The van der Waals surface area contributed by atoms with Crippen LogP contribution in [0.3, 0.4) is 0 Å². The molecule has 0 aliphatic rings. The highest BCUT2D eigenvalue weighted by atomic mass is 16.5. The van der Waals surface area contributed by atoms with Crippen LogP contribution in [0.4, 0.5) is 0 Å². The minimum Gasteiger partial charge on any atom is -0.484 e. The third-order valence-electron chi connectivity index (χ3n) is 3.47. The summed E-state index contributed by atoms with van der Waals surface area (Å²) in [4.78, 5) is 35.5. The fraction of sp³-hybridized carbons (Fsp3) is 0.278. The van der Waals surface area contributed by atoms with Crippen molar-refractivity contribution in [3.05, 3.63) is 53.5 Å². The van der Waals surface area contributed by atoms with E-state index < -0.39 is 17.8 Å². The standard InChI is InChI=1S/C18H19NO7/c1-11(15-5-4-6-25-15)19-16(20)10-26-14-8-12(17(21)23-2)7-13(9-14)18(22)24-3/h4-9,11H,10H2,1-3H3,(H,19,20)/t11-/m1/s1. The summed E-state index contributed by atoms with van der Waals surface area (Å²) in [6.45, 7) is 1.46. The number of ether oxygens (including phenoxy) is 3. The van der Waals surface area contributed by atoms with Gasteiger partial charge in [0.25, 0.3) is 5.91 Å². The monoisotopic (exact) mass is 361 g/mol. The van der Waals surface area contributed by atoms with Gasteiger partial charge < -0.3 is 23.9 Å². The van der Waals surface area contributed by atoms with Gasteiger partial charge in [-0.25, -0.2) is 9.59 Å². The Labute approximate surface area is 150 Å². The molecule has 1 aromatic carbocycles. The molecule has 1 N–H and O–H groups in total. The third-order valence-corrected chi connectivity index (χ3v) is 3.47. The van der Waals surface area contributed by atoms with Gasteiger partial charge in [-0.2, -0.15) is 0 Å². The molecule has 26 heavy (non-hydrogen) atoms. The molecule has 1 heterocycles. The maximum absolute atomic E-state index is 12.0. The summed E-state index contributed by atoms with van der Waals surface area (Å²) in [6.07, 6.45) is 1.52. The molecule has 0 saturated heterocycles. The molecule has 1 amide bonds. The number of nitrogens with one attached hydrogen (secondary N) is 1. The number of furan rings is 1. The number of methoxy groups -OCH3 is 2. The third kappa shape index (κ3) is 4.85. The van der Waals surface area contributed by atoms with Crippen molar-refractivity contribution >= 4 is 17.8 Å². The Morgan fingerprint density at radius 3 is 2.19 bits per heavy atom. The summed E-state index contributed by atoms with van der Waals surface area (Å²) in [6, 6.07) is 7.22. The summed E-state index contributed by atoms with van der Waals surface area (Å²) < 4.78 is 19.9. The van der Waals surface area contributed by atoms with Crippen LogP contribution in [-0.2, 0) is 14.3 Å². The molecule has 1 aromatic heterocycles. The maximum Gasteiger partial charge on any atom is 0.338 e. The first-order chi connectivity index (χ1) is 12.4. The number of esters is 2. The van der Waals surface area contributed by atoms with E-state index in [1.54, 1.807) is 19.1 Å². The lowest BCUT2D eigenvalue weighted by molar-refractivity contribution is -0.123. The fourth-order valence-corrected chi connectivity index (χ4v) is 2.19. The molecule has 8 heteroatoms. The Bertz CT molecular complexity index is 749. The van der Waals surface area contributed by atoms with E-state index in [2.05, 4.69) is 14.8 Å². The molecule has 2 rings (SSSR count). The van der Waals surface area contributed by atoms with E-state index in [0.29, 0.717) is 5.76 Å². The number of rotatable bonds is 7. The maximum atomic E-state index is 12.0. The molecule has 0 fully saturated rings. The molecule has 0 spiro atoms. The van der Waals surface area contributed by atoms with E-state index in [1.165, 1.54) is 38.7 Å². The summed E-state index contributed by atoms with van der Waals surface area (Å²) in [5.74, 6) is -0.905. The Balaban J connectivity index is 2.06. The van der Waals surface area contributed by atoms with Crippen LogP contribution < -0.4 is 10.1 Å². The second-order valence-corrected chi connectivity index (χ2v) is 5.32. The Kier molecular flexibility index (Phi) is 6.37. The Hall–Kier alpha value is -3.29. The largest absolute Gasteiger partial charge is 0.484 e. The van der Waals surface area contributed by atoms with Gasteiger partial charge in [-0.1, -0.05) is 0 Å². The van der Waals surface area contributed by atoms with Crippen molar-refractivity contribution < 1.29 is 33.0 Å². The second kappa shape index (κ2) is 8.70. The van der Waals surface area contributed by atoms with Crippen molar-refractivity contribution in [3.63, 3.8) is 0 Å². The van der Waals surface area contributed by atoms with Gasteiger partial charge in [0.2, 0.25) is 0 Å². The van der Waals surface area contributed by atoms with Crippen LogP contribution in [0, 0.1) is 0 Å². The first kappa shape index (κ1) is 19.0. The average Bonchev–Trinajstić information content (AvgIpc) is 3.19. The van der Waals surface area contributed by atoms with Crippen LogP contribution >= 0.6 is 0 Å². The van der Waals surface area contributed by atoms with Crippen molar-refractivity contribution in [1.82, 2.24) is 5.32 Å². The average molecular weight is 361 g/mol. The molecule has 0 radical (unpaired) electrons.